The molecule has 0 unspecified atom stereocenters. The summed E-state index contributed by atoms with van der Waals surface area (Å²) in [6.07, 6.45) is 8.28. The van der Waals surface area contributed by atoms with Crippen LogP contribution in [0.4, 0.5) is 0 Å². The molecule has 1 aliphatic carbocycles. The van der Waals surface area contributed by atoms with Gasteiger partial charge in [-0.1, -0.05) is 26.2 Å². The van der Waals surface area contributed by atoms with Gasteiger partial charge in [-0.3, -0.25) is 0 Å². The summed E-state index contributed by atoms with van der Waals surface area (Å²) in [4.78, 5) is 12.1. The molecule has 3 heteroatoms. The van der Waals surface area contributed by atoms with Crippen LogP contribution >= 0.6 is 0 Å². The van der Waals surface area contributed by atoms with E-state index < -0.39 is 0 Å². The van der Waals surface area contributed by atoms with Crippen molar-refractivity contribution in [2.75, 3.05) is 0 Å². The molecule has 0 aromatic heterocycles. The smallest absolute Gasteiger partial charge is 0.338 e. The quantitative estimate of drug-likeness (QED) is 0.622. The number of phenols is 1. The lowest BCUT2D eigenvalue weighted by molar-refractivity contribution is 0.0195. The van der Waals surface area contributed by atoms with Gasteiger partial charge in [0.2, 0.25) is 0 Å². The van der Waals surface area contributed by atoms with Crippen molar-refractivity contribution in [2.45, 2.75) is 58.0 Å². The van der Waals surface area contributed by atoms with E-state index in [-0.39, 0.29) is 17.8 Å². The number of carbonyl (C=O) groups excluding carboxylic acids is 1. The summed E-state index contributed by atoms with van der Waals surface area (Å²) in [7, 11) is 0. The van der Waals surface area contributed by atoms with Crippen LogP contribution in [-0.2, 0) is 4.74 Å². The van der Waals surface area contributed by atoms with Crippen LogP contribution in [0.3, 0.4) is 0 Å². The average molecular weight is 276 g/mol. The third kappa shape index (κ3) is 3.99. The Morgan fingerprint density at radius 2 is 2.00 bits per heavy atom. The topological polar surface area (TPSA) is 46.5 Å². The Kier molecular flexibility index (Phi) is 5.45. The van der Waals surface area contributed by atoms with E-state index in [2.05, 4.69) is 6.92 Å². The number of esters is 1. The second-order valence-corrected chi connectivity index (χ2v) is 5.68. The van der Waals surface area contributed by atoms with E-state index in [1.807, 2.05) is 0 Å². The summed E-state index contributed by atoms with van der Waals surface area (Å²) in [5, 5.41) is 9.23. The Balaban J connectivity index is 1.87. The monoisotopic (exact) mass is 276 g/mol. The van der Waals surface area contributed by atoms with Crippen molar-refractivity contribution in [2.24, 2.45) is 5.92 Å². The van der Waals surface area contributed by atoms with E-state index in [0.29, 0.717) is 11.5 Å². The number of hydrogen-bond donors (Lipinski definition) is 1. The van der Waals surface area contributed by atoms with Gasteiger partial charge in [-0.15, -0.1) is 0 Å². The minimum Gasteiger partial charge on any atom is -0.508 e. The zero-order valence-corrected chi connectivity index (χ0v) is 12.2. The van der Waals surface area contributed by atoms with Gasteiger partial charge in [-0.25, -0.2) is 4.79 Å². The van der Waals surface area contributed by atoms with Crippen LogP contribution in [0.5, 0.6) is 5.75 Å². The molecule has 110 valence electrons. The Morgan fingerprint density at radius 3 is 2.70 bits per heavy atom. The fraction of sp³-hybridized carbons (Fsp3) is 0.588. The number of rotatable bonds is 6. The van der Waals surface area contributed by atoms with Gasteiger partial charge < -0.3 is 9.84 Å². The fourth-order valence-corrected chi connectivity index (χ4v) is 2.95. The van der Waals surface area contributed by atoms with E-state index in [9.17, 15) is 9.90 Å². The Bertz CT molecular complexity index is 424. The molecule has 0 spiro atoms. The average Bonchev–Trinajstić information content (AvgIpc) is 2.87. The molecular weight excluding hydrogens is 252 g/mol. The van der Waals surface area contributed by atoms with Crippen molar-refractivity contribution in [3.05, 3.63) is 29.8 Å². The predicted octanol–water partition coefficient (Wildman–Crippen LogP) is 4.30. The second kappa shape index (κ2) is 7.32. The summed E-state index contributed by atoms with van der Waals surface area (Å²) < 4.78 is 5.66. The maximum atomic E-state index is 12.1. The van der Waals surface area contributed by atoms with Crippen LogP contribution in [0.2, 0.25) is 0 Å². The molecule has 0 heterocycles. The predicted molar refractivity (Wildman–Crippen MR) is 78.8 cm³/mol. The Morgan fingerprint density at radius 1 is 1.25 bits per heavy atom. The summed E-state index contributed by atoms with van der Waals surface area (Å²) >= 11 is 0. The third-order valence-corrected chi connectivity index (χ3v) is 4.13. The molecule has 3 nitrogen and oxygen atoms in total. The first kappa shape index (κ1) is 14.9. The van der Waals surface area contributed by atoms with Crippen molar-refractivity contribution in [3.63, 3.8) is 0 Å². The van der Waals surface area contributed by atoms with Crippen molar-refractivity contribution in [3.8, 4) is 5.75 Å². The summed E-state index contributed by atoms with van der Waals surface area (Å²) in [6, 6.07) is 6.26. The fourth-order valence-electron chi connectivity index (χ4n) is 2.95. The summed E-state index contributed by atoms with van der Waals surface area (Å²) in [6.45, 7) is 2.21. The number of benzene rings is 1. The minimum atomic E-state index is -0.266. The number of phenolic OH excluding ortho intramolecular Hbond substituents is 1. The van der Waals surface area contributed by atoms with Gasteiger partial charge >= 0.3 is 5.97 Å². The third-order valence-electron chi connectivity index (χ3n) is 4.13. The normalized spacial score (nSPS) is 21.9. The van der Waals surface area contributed by atoms with Gasteiger partial charge in [-0.05, 0) is 55.9 Å². The maximum absolute atomic E-state index is 12.1. The summed E-state index contributed by atoms with van der Waals surface area (Å²) in [5.74, 6) is 0.430. The van der Waals surface area contributed by atoms with Crippen molar-refractivity contribution >= 4 is 5.97 Å². The van der Waals surface area contributed by atoms with Gasteiger partial charge in [0.1, 0.15) is 11.9 Å². The largest absolute Gasteiger partial charge is 0.508 e. The molecule has 0 amide bonds. The molecule has 2 rings (SSSR count). The highest BCUT2D eigenvalue weighted by Crippen LogP contribution is 2.33. The van der Waals surface area contributed by atoms with Crippen molar-refractivity contribution in [1.82, 2.24) is 0 Å². The SMILES string of the molecule is CCCCC[C@H]1CCC[C@H]1OC(=O)c1ccc(O)cc1. The molecule has 1 fully saturated rings. The van der Waals surface area contributed by atoms with E-state index in [0.717, 1.165) is 12.8 Å². The van der Waals surface area contributed by atoms with Crippen LogP contribution in [0.25, 0.3) is 0 Å². The highest BCUT2D eigenvalue weighted by molar-refractivity contribution is 5.89. The highest BCUT2D eigenvalue weighted by Gasteiger charge is 2.30. The molecule has 1 aliphatic rings. The van der Waals surface area contributed by atoms with E-state index >= 15 is 0 Å². The lowest BCUT2D eigenvalue weighted by Crippen LogP contribution is -2.22. The first-order chi connectivity index (χ1) is 9.70. The molecule has 1 aromatic carbocycles. The molecular formula is C17H24O3. The van der Waals surface area contributed by atoms with Crippen LogP contribution in [0.15, 0.2) is 24.3 Å². The first-order valence-electron chi connectivity index (χ1n) is 7.70. The Hall–Kier alpha value is -1.51. The molecule has 1 N–H and O–H groups in total. The molecule has 0 saturated heterocycles. The van der Waals surface area contributed by atoms with Crippen molar-refractivity contribution < 1.29 is 14.6 Å². The van der Waals surface area contributed by atoms with E-state index in [4.69, 9.17) is 4.74 Å². The highest BCUT2D eigenvalue weighted by atomic mass is 16.5. The molecule has 1 saturated carbocycles. The van der Waals surface area contributed by atoms with E-state index in [1.54, 1.807) is 12.1 Å². The first-order valence-corrected chi connectivity index (χ1v) is 7.70. The Labute approximate surface area is 121 Å². The number of hydrogen-bond acceptors (Lipinski definition) is 3. The van der Waals surface area contributed by atoms with Gasteiger partial charge in [0, 0.05) is 0 Å². The maximum Gasteiger partial charge on any atom is 0.338 e. The number of aromatic hydroxyl groups is 1. The molecule has 0 radical (unpaired) electrons. The number of carbonyl (C=O) groups is 1. The lowest BCUT2D eigenvalue weighted by atomic mass is 9.98. The van der Waals surface area contributed by atoms with Crippen LogP contribution < -0.4 is 0 Å². The molecule has 1 aromatic rings. The lowest BCUT2D eigenvalue weighted by Gasteiger charge is -2.20. The van der Waals surface area contributed by atoms with E-state index in [1.165, 1.54) is 44.2 Å². The number of ether oxygens (including phenoxy) is 1. The minimum absolute atomic E-state index is 0.0770. The molecule has 0 aliphatic heterocycles. The van der Waals surface area contributed by atoms with Crippen LogP contribution in [-0.4, -0.2) is 17.2 Å². The molecule has 20 heavy (non-hydrogen) atoms. The van der Waals surface area contributed by atoms with Gasteiger partial charge in [0.25, 0.3) is 0 Å². The second-order valence-electron chi connectivity index (χ2n) is 5.68. The van der Waals surface area contributed by atoms with Crippen LogP contribution in [0.1, 0.15) is 62.2 Å². The van der Waals surface area contributed by atoms with Gasteiger partial charge in [0.15, 0.2) is 0 Å². The zero-order chi connectivity index (χ0) is 14.4. The summed E-state index contributed by atoms with van der Waals surface area (Å²) in [5.41, 5.74) is 0.516. The van der Waals surface area contributed by atoms with Crippen molar-refractivity contribution in [1.29, 1.82) is 0 Å². The van der Waals surface area contributed by atoms with Gasteiger partial charge in [0.05, 0.1) is 5.56 Å². The number of unbranched alkanes of at least 4 members (excludes halogenated alkanes) is 2. The molecule has 0 bridgehead atoms. The van der Waals surface area contributed by atoms with Gasteiger partial charge in [-0.2, -0.15) is 0 Å². The standard InChI is InChI=1S/C17H24O3/c1-2-3-4-6-13-7-5-8-16(13)20-17(19)14-9-11-15(18)12-10-14/h9-13,16,18H,2-8H2,1H3/t13-,16+/m0/s1. The van der Waals surface area contributed by atoms with Crippen LogP contribution in [0, 0.1) is 5.92 Å². The zero-order valence-electron chi connectivity index (χ0n) is 12.2. The molecule has 2 atom stereocenters.